The van der Waals surface area contributed by atoms with Crippen LogP contribution < -0.4 is 0 Å². The fourth-order valence-electron chi connectivity index (χ4n) is 8.21. The topological polar surface area (TPSA) is 93.3 Å². The maximum Gasteiger partial charge on any atom is 0.257 e. The highest BCUT2D eigenvalue weighted by Crippen LogP contribution is 2.61. The van der Waals surface area contributed by atoms with Crippen molar-refractivity contribution in [1.82, 2.24) is 28.8 Å². The van der Waals surface area contributed by atoms with Crippen LogP contribution in [0.15, 0.2) is 47.6 Å². The van der Waals surface area contributed by atoms with Gasteiger partial charge in [0.05, 0.1) is 28.8 Å². The van der Waals surface area contributed by atoms with Crippen LogP contribution >= 0.6 is 0 Å². The van der Waals surface area contributed by atoms with E-state index in [0.29, 0.717) is 24.3 Å². The summed E-state index contributed by atoms with van der Waals surface area (Å²) < 4.78 is 31.5. The van der Waals surface area contributed by atoms with E-state index in [1.165, 1.54) is 29.8 Å². The third-order valence-corrected chi connectivity index (χ3v) is 11.8. The lowest BCUT2D eigenvalue weighted by atomic mass is 9.48. The molecule has 1 aromatic carbocycles. The van der Waals surface area contributed by atoms with E-state index in [1.807, 2.05) is 46.1 Å². The fourth-order valence-corrected chi connectivity index (χ4v) is 9.82. The Morgan fingerprint density at radius 3 is 2.13 bits per heavy atom. The number of sulfonamides is 1. The van der Waals surface area contributed by atoms with Gasteiger partial charge in [0, 0.05) is 44.8 Å². The van der Waals surface area contributed by atoms with Gasteiger partial charge in [0.15, 0.2) is 0 Å². The average Bonchev–Trinajstić information content (AvgIpc) is 3.53. The summed E-state index contributed by atoms with van der Waals surface area (Å²) in [6.45, 7) is 3.00. The van der Waals surface area contributed by atoms with Gasteiger partial charge in [-0.2, -0.15) is 14.5 Å². The molecular formula is C29H36N6O3S. The van der Waals surface area contributed by atoms with Crippen LogP contribution in [0.1, 0.15) is 60.3 Å². The molecule has 0 N–H and O–H groups in total. The number of hydrogen-bond donors (Lipinski definition) is 0. The van der Waals surface area contributed by atoms with Crippen molar-refractivity contribution in [3.63, 3.8) is 0 Å². The van der Waals surface area contributed by atoms with E-state index in [0.717, 1.165) is 48.4 Å². The van der Waals surface area contributed by atoms with Crippen LogP contribution in [0.25, 0.3) is 5.69 Å². The van der Waals surface area contributed by atoms with Crippen LogP contribution in [0, 0.1) is 24.7 Å². The number of aromatic nitrogens is 4. The molecule has 0 radical (unpaired) electrons. The third-order valence-electron chi connectivity index (χ3n) is 9.84. The molecule has 8 rings (SSSR count). The molecule has 4 bridgehead atoms. The smallest absolute Gasteiger partial charge is 0.257 e. The average molecular weight is 549 g/mol. The summed E-state index contributed by atoms with van der Waals surface area (Å²) in [5.74, 6) is 2.19. The van der Waals surface area contributed by atoms with Crippen LogP contribution in [-0.4, -0.2) is 69.3 Å². The van der Waals surface area contributed by atoms with Gasteiger partial charge in [-0.05, 0) is 75.3 Å². The molecule has 1 saturated heterocycles. The van der Waals surface area contributed by atoms with Gasteiger partial charge in [-0.15, -0.1) is 0 Å². The lowest BCUT2D eigenvalue weighted by Gasteiger charge is -2.56. The maximum atomic E-state index is 14.1. The molecule has 1 amide bonds. The number of nitrogens with zero attached hydrogens (tertiary/aromatic N) is 6. The highest BCUT2D eigenvalue weighted by atomic mass is 32.2. The second-order valence-corrected chi connectivity index (χ2v) is 14.2. The molecule has 10 heteroatoms. The van der Waals surface area contributed by atoms with Gasteiger partial charge in [0.1, 0.15) is 4.90 Å². The van der Waals surface area contributed by atoms with Gasteiger partial charge in [-0.3, -0.25) is 9.48 Å². The van der Waals surface area contributed by atoms with Gasteiger partial charge >= 0.3 is 0 Å². The Hall–Kier alpha value is -2.98. The molecule has 3 heterocycles. The van der Waals surface area contributed by atoms with Gasteiger partial charge in [0.2, 0.25) is 10.0 Å². The molecule has 1 aliphatic heterocycles. The summed E-state index contributed by atoms with van der Waals surface area (Å²) in [7, 11) is -1.92. The van der Waals surface area contributed by atoms with E-state index in [-0.39, 0.29) is 29.3 Å². The molecule has 4 saturated carbocycles. The lowest BCUT2D eigenvalue weighted by Crippen LogP contribution is -2.52. The molecule has 5 aliphatic rings. The predicted molar refractivity (Wildman–Crippen MR) is 146 cm³/mol. The summed E-state index contributed by atoms with van der Waals surface area (Å²) in [5, 5.41) is 9.26. The monoisotopic (exact) mass is 548 g/mol. The minimum Gasteiger partial charge on any atom is -0.336 e. The van der Waals surface area contributed by atoms with Crippen LogP contribution in [-0.2, 0) is 22.5 Å². The van der Waals surface area contributed by atoms with E-state index in [9.17, 15) is 13.2 Å². The van der Waals surface area contributed by atoms with E-state index in [1.54, 1.807) is 18.7 Å². The molecular weight excluding hydrogens is 512 g/mol. The van der Waals surface area contributed by atoms with E-state index < -0.39 is 10.0 Å². The third kappa shape index (κ3) is 4.06. The molecule has 0 spiro atoms. The summed E-state index contributed by atoms with van der Waals surface area (Å²) in [4.78, 5) is 16.2. The highest BCUT2D eigenvalue weighted by Gasteiger charge is 2.54. The zero-order valence-electron chi connectivity index (χ0n) is 22.7. The first-order valence-electron chi connectivity index (χ1n) is 14.2. The molecule has 206 valence electrons. The van der Waals surface area contributed by atoms with Crippen molar-refractivity contribution in [3.8, 4) is 5.69 Å². The van der Waals surface area contributed by atoms with E-state index in [4.69, 9.17) is 5.10 Å². The Morgan fingerprint density at radius 1 is 0.949 bits per heavy atom. The van der Waals surface area contributed by atoms with Gasteiger partial charge in [0.25, 0.3) is 5.91 Å². The van der Waals surface area contributed by atoms with Crippen molar-refractivity contribution in [1.29, 1.82) is 0 Å². The van der Waals surface area contributed by atoms with Crippen LogP contribution in [0.2, 0.25) is 0 Å². The number of aryl methyl sites for hydroxylation is 1. The normalized spacial score (nSPS) is 28.8. The van der Waals surface area contributed by atoms with Crippen LogP contribution in [0.5, 0.6) is 0 Å². The summed E-state index contributed by atoms with van der Waals surface area (Å²) in [6, 6.07) is 10.0. The van der Waals surface area contributed by atoms with Crippen molar-refractivity contribution in [2.24, 2.45) is 24.8 Å². The largest absolute Gasteiger partial charge is 0.336 e. The fraction of sp³-hybridized carbons (Fsp3) is 0.552. The molecule has 9 nitrogen and oxygen atoms in total. The van der Waals surface area contributed by atoms with E-state index >= 15 is 0 Å². The van der Waals surface area contributed by atoms with Crippen molar-refractivity contribution in [3.05, 3.63) is 59.7 Å². The highest BCUT2D eigenvalue weighted by molar-refractivity contribution is 7.89. The standard InChI is InChI=1S/C29H36N6O3S/c1-20-26(18-30-32(20)2)39(37,38)34-10-8-33(9-11-34)28(36)25-19-35(24-6-4-3-5-7-24)31-27(25)29-15-21-12-22(16-29)14-23(13-21)17-29/h3-7,18-19,21-23H,8-17H2,1-2H3. The molecule has 2 aromatic heterocycles. The van der Waals surface area contributed by atoms with Crippen molar-refractivity contribution < 1.29 is 13.2 Å². The van der Waals surface area contributed by atoms with Crippen LogP contribution in [0.3, 0.4) is 0 Å². The minimum absolute atomic E-state index is 0.0250. The lowest BCUT2D eigenvalue weighted by molar-refractivity contribution is -0.00789. The Balaban J connectivity index is 1.18. The Bertz CT molecular complexity index is 1480. The summed E-state index contributed by atoms with van der Waals surface area (Å²) >= 11 is 0. The molecule has 5 fully saturated rings. The van der Waals surface area contributed by atoms with Crippen molar-refractivity contribution in [2.75, 3.05) is 26.2 Å². The van der Waals surface area contributed by atoms with Crippen molar-refractivity contribution >= 4 is 15.9 Å². The molecule has 39 heavy (non-hydrogen) atoms. The first-order chi connectivity index (χ1) is 18.7. The minimum atomic E-state index is -3.66. The SMILES string of the molecule is Cc1c(S(=O)(=O)N2CCN(C(=O)c3cn(-c4ccccc4)nc3C34CC5CC(CC(C5)C3)C4)CC2)cnn1C. The van der Waals surface area contributed by atoms with E-state index in [2.05, 4.69) is 5.10 Å². The summed E-state index contributed by atoms with van der Waals surface area (Å²) in [5.41, 5.74) is 3.20. The number of rotatable bonds is 5. The maximum absolute atomic E-state index is 14.1. The first kappa shape index (κ1) is 25.0. The number of benzene rings is 1. The Kier molecular flexibility index (Phi) is 5.79. The molecule has 0 unspecified atom stereocenters. The number of amides is 1. The number of para-hydroxylation sites is 1. The Labute approximate surface area is 229 Å². The van der Waals surface area contributed by atoms with Crippen LogP contribution in [0.4, 0.5) is 0 Å². The zero-order valence-corrected chi connectivity index (χ0v) is 23.5. The number of piperazine rings is 1. The number of carbonyl (C=O) groups excluding carboxylic acids is 1. The van der Waals surface area contributed by atoms with Gasteiger partial charge in [-0.25, -0.2) is 13.1 Å². The predicted octanol–water partition coefficient (Wildman–Crippen LogP) is 3.53. The zero-order chi connectivity index (χ0) is 26.9. The number of carbonyl (C=O) groups is 1. The second kappa shape index (κ2) is 9.02. The van der Waals surface area contributed by atoms with Crippen molar-refractivity contribution in [2.45, 2.75) is 55.8 Å². The quantitative estimate of drug-likeness (QED) is 0.486. The van der Waals surface area contributed by atoms with Gasteiger partial charge in [-0.1, -0.05) is 18.2 Å². The summed E-state index contributed by atoms with van der Waals surface area (Å²) in [6.07, 6.45) is 10.7. The molecule has 4 aliphatic carbocycles. The first-order valence-corrected chi connectivity index (χ1v) is 15.6. The number of hydrogen-bond acceptors (Lipinski definition) is 5. The molecule has 0 atom stereocenters. The van der Waals surface area contributed by atoms with Gasteiger partial charge < -0.3 is 4.90 Å². The Morgan fingerprint density at radius 2 is 1.56 bits per heavy atom. The second-order valence-electron chi connectivity index (χ2n) is 12.3. The molecule has 3 aromatic rings.